The van der Waals surface area contributed by atoms with Crippen molar-refractivity contribution in [2.75, 3.05) is 13.1 Å². The van der Waals surface area contributed by atoms with Crippen LogP contribution in [0.15, 0.2) is 4.52 Å². The highest BCUT2D eigenvalue weighted by Crippen LogP contribution is 2.39. The normalized spacial score (nSPS) is 20.8. The first-order valence-electron chi connectivity index (χ1n) is 8.42. The molecule has 2 aromatic rings. The van der Waals surface area contributed by atoms with Crippen LogP contribution in [0.5, 0.6) is 0 Å². The summed E-state index contributed by atoms with van der Waals surface area (Å²) in [6.45, 7) is 3.22. The number of halogens is 1. The zero-order valence-electron chi connectivity index (χ0n) is 13.8. The molecule has 0 spiro atoms. The van der Waals surface area contributed by atoms with E-state index in [2.05, 4.69) is 15.2 Å². The lowest BCUT2D eigenvalue weighted by molar-refractivity contribution is 0.0788. The second-order valence-corrected chi connectivity index (χ2v) is 6.95. The van der Waals surface area contributed by atoms with E-state index in [0.717, 1.165) is 30.8 Å². The molecule has 1 aliphatic carbocycles. The topological polar surface area (TPSA) is 77.1 Å². The molecular weight excluding hydrogens is 330 g/mol. The number of aromatic nitrogens is 4. The van der Waals surface area contributed by atoms with Crippen LogP contribution in [0.4, 0.5) is 0 Å². The van der Waals surface area contributed by atoms with Crippen LogP contribution in [0.25, 0.3) is 0 Å². The standard InChI is InChI=1S/C16H20ClN5O2/c1-3-11-12(13(17)21(2)19-11)16(23)22-7-6-10(8-22)15-18-14(20-24-15)9-4-5-9/h9-10H,3-8H2,1-2H3/t10-/m0/s1. The van der Waals surface area contributed by atoms with Gasteiger partial charge in [0.25, 0.3) is 5.91 Å². The van der Waals surface area contributed by atoms with Crippen LogP contribution in [-0.2, 0) is 13.5 Å². The van der Waals surface area contributed by atoms with Crippen LogP contribution in [0, 0.1) is 0 Å². The molecule has 24 heavy (non-hydrogen) atoms. The van der Waals surface area contributed by atoms with Crippen molar-refractivity contribution in [3.63, 3.8) is 0 Å². The Hall–Kier alpha value is -1.89. The fraction of sp³-hybridized carbons (Fsp3) is 0.625. The SMILES string of the molecule is CCc1nn(C)c(Cl)c1C(=O)N1CC[C@H](c2nc(C3CC3)no2)C1. The van der Waals surface area contributed by atoms with Crippen molar-refractivity contribution in [2.45, 2.75) is 44.4 Å². The molecule has 0 aromatic carbocycles. The first-order valence-corrected chi connectivity index (χ1v) is 8.80. The van der Waals surface area contributed by atoms with Crippen LogP contribution in [0.3, 0.4) is 0 Å². The van der Waals surface area contributed by atoms with Gasteiger partial charge < -0.3 is 9.42 Å². The lowest BCUT2D eigenvalue weighted by Gasteiger charge is -2.16. The van der Waals surface area contributed by atoms with E-state index in [1.165, 1.54) is 0 Å². The van der Waals surface area contributed by atoms with Gasteiger partial charge in [0.15, 0.2) is 5.82 Å². The molecule has 7 nitrogen and oxygen atoms in total. The summed E-state index contributed by atoms with van der Waals surface area (Å²) in [6.07, 6.45) is 3.80. The highest BCUT2D eigenvalue weighted by atomic mass is 35.5. The molecule has 0 N–H and O–H groups in total. The van der Waals surface area contributed by atoms with Crippen molar-refractivity contribution in [1.82, 2.24) is 24.8 Å². The van der Waals surface area contributed by atoms with E-state index in [1.54, 1.807) is 11.7 Å². The van der Waals surface area contributed by atoms with Gasteiger partial charge in [-0.05, 0) is 25.7 Å². The van der Waals surface area contributed by atoms with Crippen molar-refractivity contribution in [3.05, 3.63) is 28.1 Å². The smallest absolute Gasteiger partial charge is 0.258 e. The summed E-state index contributed by atoms with van der Waals surface area (Å²) in [5, 5.41) is 8.79. The number of carbonyl (C=O) groups excluding carboxylic acids is 1. The number of carbonyl (C=O) groups is 1. The second kappa shape index (κ2) is 5.88. The highest BCUT2D eigenvalue weighted by Gasteiger charge is 2.35. The Kier molecular flexibility index (Phi) is 3.83. The van der Waals surface area contributed by atoms with Crippen LogP contribution in [0.2, 0.25) is 5.15 Å². The number of nitrogens with zero attached hydrogens (tertiary/aromatic N) is 5. The van der Waals surface area contributed by atoms with Crippen molar-refractivity contribution in [3.8, 4) is 0 Å². The molecule has 2 aromatic heterocycles. The predicted octanol–water partition coefficient (Wildman–Crippen LogP) is 2.53. The summed E-state index contributed by atoms with van der Waals surface area (Å²) in [6, 6.07) is 0. The third kappa shape index (κ3) is 2.60. The molecule has 1 saturated heterocycles. The molecular formula is C16H20ClN5O2. The maximum atomic E-state index is 12.9. The minimum atomic E-state index is -0.0608. The van der Waals surface area contributed by atoms with E-state index in [9.17, 15) is 4.79 Å². The summed E-state index contributed by atoms with van der Waals surface area (Å²) in [7, 11) is 1.75. The average molecular weight is 350 g/mol. The summed E-state index contributed by atoms with van der Waals surface area (Å²) >= 11 is 6.28. The third-order valence-electron chi connectivity index (χ3n) is 4.82. The Balaban J connectivity index is 1.50. The van der Waals surface area contributed by atoms with Gasteiger partial charge in [0.05, 0.1) is 17.2 Å². The average Bonchev–Trinajstić information content (AvgIpc) is 3.00. The second-order valence-electron chi connectivity index (χ2n) is 6.59. The van der Waals surface area contributed by atoms with Crippen molar-refractivity contribution < 1.29 is 9.32 Å². The van der Waals surface area contributed by atoms with E-state index in [-0.39, 0.29) is 11.8 Å². The van der Waals surface area contributed by atoms with Crippen LogP contribution in [0.1, 0.15) is 65.8 Å². The molecule has 1 amide bonds. The van der Waals surface area contributed by atoms with Crippen LogP contribution < -0.4 is 0 Å². The van der Waals surface area contributed by atoms with Gasteiger partial charge in [-0.1, -0.05) is 23.7 Å². The van der Waals surface area contributed by atoms with E-state index in [1.807, 2.05) is 11.8 Å². The van der Waals surface area contributed by atoms with Gasteiger partial charge in [-0.15, -0.1) is 0 Å². The number of amides is 1. The monoisotopic (exact) mass is 349 g/mol. The zero-order valence-corrected chi connectivity index (χ0v) is 14.6. The molecule has 2 fully saturated rings. The van der Waals surface area contributed by atoms with Crippen LogP contribution >= 0.6 is 11.6 Å². The Morgan fingerprint density at radius 1 is 1.33 bits per heavy atom. The van der Waals surface area contributed by atoms with E-state index in [0.29, 0.717) is 42.0 Å². The zero-order chi connectivity index (χ0) is 16.8. The van der Waals surface area contributed by atoms with Gasteiger partial charge in [-0.25, -0.2) is 0 Å². The van der Waals surface area contributed by atoms with Crippen LogP contribution in [-0.4, -0.2) is 43.8 Å². The molecule has 4 rings (SSSR count). The lowest BCUT2D eigenvalue weighted by atomic mass is 10.1. The molecule has 2 aliphatic rings. The number of aryl methyl sites for hydroxylation is 2. The first-order chi connectivity index (χ1) is 11.6. The maximum absolute atomic E-state index is 12.9. The van der Waals surface area contributed by atoms with Gasteiger partial charge in [-0.2, -0.15) is 10.1 Å². The summed E-state index contributed by atoms with van der Waals surface area (Å²) < 4.78 is 6.97. The summed E-state index contributed by atoms with van der Waals surface area (Å²) in [5.74, 6) is 1.99. The Morgan fingerprint density at radius 2 is 2.12 bits per heavy atom. The first kappa shape index (κ1) is 15.6. The Morgan fingerprint density at radius 3 is 2.83 bits per heavy atom. The number of likely N-dealkylation sites (tertiary alicyclic amines) is 1. The van der Waals surface area contributed by atoms with Gasteiger partial charge in [0.2, 0.25) is 5.89 Å². The minimum absolute atomic E-state index is 0.0608. The molecule has 1 atom stereocenters. The molecule has 8 heteroatoms. The Labute approximate surface area is 145 Å². The third-order valence-corrected chi connectivity index (χ3v) is 5.26. The fourth-order valence-corrected chi connectivity index (χ4v) is 3.47. The number of rotatable bonds is 4. The predicted molar refractivity (Wildman–Crippen MR) is 87.1 cm³/mol. The van der Waals surface area contributed by atoms with Gasteiger partial charge in [0, 0.05) is 26.1 Å². The molecule has 0 unspecified atom stereocenters. The minimum Gasteiger partial charge on any atom is -0.339 e. The van der Waals surface area contributed by atoms with Crippen molar-refractivity contribution in [2.24, 2.45) is 7.05 Å². The van der Waals surface area contributed by atoms with E-state index < -0.39 is 0 Å². The van der Waals surface area contributed by atoms with Crippen molar-refractivity contribution >= 4 is 17.5 Å². The van der Waals surface area contributed by atoms with E-state index >= 15 is 0 Å². The van der Waals surface area contributed by atoms with Gasteiger partial charge in [-0.3, -0.25) is 9.48 Å². The fourth-order valence-electron chi connectivity index (χ4n) is 3.24. The largest absolute Gasteiger partial charge is 0.339 e. The Bertz CT molecular complexity index is 780. The maximum Gasteiger partial charge on any atom is 0.258 e. The van der Waals surface area contributed by atoms with Gasteiger partial charge >= 0.3 is 0 Å². The lowest BCUT2D eigenvalue weighted by Crippen LogP contribution is -2.29. The van der Waals surface area contributed by atoms with Crippen molar-refractivity contribution in [1.29, 1.82) is 0 Å². The molecule has 0 radical (unpaired) electrons. The summed E-state index contributed by atoms with van der Waals surface area (Å²) in [5.41, 5.74) is 1.26. The number of hydrogen-bond acceptors (Lipinski definition) is 5. The van der Waals surface area contributed by atoms with E-state index in [4.69, 9.17) is 16.1 Å². The molecule has 128 valence electrons. The highest BCUT2D eigenvalue weighted by molar-refractivity contribution is 6.33. The summed E-state index contributed by atoms with van der Waals surface area (Å²) in [4.78, 5) is 19.2. The molecule has 1 saturated carbocycles. The van der Waals surface area contributed by atoms with Gasteiger partial charge in [0.1, 0.15) is 5.15 Å². The molecule has 0 bridgehead atoms. The quantitative estimate of drug-likeness (QED) is 0.847. The molecule has 3 heterocycles. The molecule has 1 aliphatic heterocycles. The number of hydrogen-bond donors (Lipinski definition) is 0.